The van der Waals surface area contributed by atoms with Crippen molar-refractivity contribution in [2.45, 2.75) is 32.1 Å². The normalized spacial score (nSPS) is 15.1. The maximum Gasteiger partial charge on any atom is 0.321 e. The molecule has 0 spiro atoms. The average Bonchev–Trinajstić information content (AvgIpc) is 3.40. The fraction of sp³-hybridized carbons (Fsp3) is 0.368. The van der Waals surface area contributed by atoms with Gasteiger partial charge in [-0.25, -0.2) is 4.79 Å². The predicted molar refractivity (Wildman–Crippen MR) is 100 cm³/mol. The zero-order valence-electron chi connectivity index (χ0n) is 15.2. The van der Waals surface area contributed by atoms with Crippen molar-refractivity contribution in [3.05, 3.63) is 48.0 Å². The molecule has 1 saturated heterocycles. The topological polar surface area (TPSA) is 99.9 Å². The highest BCUT2D eigenvalue weighted by atomic mass is 16.5. The Labute approximate surface area is 157 Å². The van der Waals surface area contributed by atoms with E-state index in [1.807, 2.05) is 42.2 Å². The number of hydrogen-bond acceptors (Lipinski definition) is 5. The number of amides is 2. The molecule has 1 fully saturated rings. The van der Waals surface area contributed by atoms with E-state index in [4.69, 9.17) is 4.52 Å². The summed E-state index contributed by atoms with van der Waals surface area (Å²) in [4.78, 5) is 18.9. The Morgan fingerprint density at radius 3 is 2.81 bits per heavy atom. The van der Waals surface area contributed by atoms with Crippen LogP contribution in [-0.2, 0) is 6.42 Å². The zero-order chi connectivity index (χ0) is 18.6. The number of aromatic amines is 1. The van der Waals surface area contributed by atoms with Gasteiger partial charge in [-0.1, -0.05) is 24.2 Å². The molecular formula is C19H22N6O2. The number of nitrogens with one attached hydrogen (secondary N) is 2. The van der Waals surface area contributed by atoms with Crippen molar-refractivity contribution in [1.82, 2.24) is 25.2 Å². The smallest absolute Gasteiger partial charge is 0.321 e. The second kappa shape index (κ2) is 7.61. The molecule has 0 aliphatic carbocycles. The van der Waals surface area contributed by atoms with Crippen LogP contribution >= 0.6 is 0 Å². The lowest BCUT2D eigenvalue weighted by Gasteiger charge is -2.31. The van der Waals surface area contributed by atoms with Gasteiger partial charge in [-0.2, -0.15) is 10.1 Å². The first kappa shape index (κ1) is 17.3. The van der Waals surface area contributed by atoms with Crippen molar-refractivity contribution in [2.24, 2.45) is 0 Å². The second-order valence-electron chi connectivity index (χ2n) is 6.62. The maximum atomic E-state index is 12.7. The maximum absolute atomic E-state index is 12.7. The van der Waals surface area contributed by atoms with Crippen molar-refractivity contribution in [2.75, 3.05) is 18.4 Å². The number of para-hydroxylation sites is 1. The molecular weight excluding hydrogens is 344 g/mol. The van der Waals surface area contributed by atoms with E-state index in [9.17, 15) is 4.79 Å². The number of rotatable bonds is 4. The van der Waals surface area contributed by atoms with E-state index in [1.165, 1.54) is 0 Å². The third kappa shape index (κ3) is 3.69. The highest BCUT2D eigenvalue weighted by molar-refractivity contribution is 5.93. The lowest BCUT2D eigenvalue weighted by atomic mass is 9.94. The monoisotopic (exact) mass is 366 g/mol. The van der Waals surface area contributed by atoms with E-state index in [2.05, 4.69) is 25.7 Å². The highest BCUT2D eigenvalue weighted by Crippen LogP contribution is 2.29. The van der Waals surface area contributed by atoms with E-state index >= 15 is 0 Å². The molecule has 0 radical (unpaired) electrons. The minimum atomic E-state index is -0.110. The van der Waals surface area contributed by atoms with Crippen molar-refractivity contribution >= 4 is 11.7 Å². The van der Waals surface area contributed by atoms with Gasteiger partial charge in [-0.3, -0.25) is 5.10 Å². The van der Waals surface area contributed by atoms with Crippen LogP contribution in [0.25, 0.3) is 11.5 Å². The number of aromatic nitrogens is 4. The molecule has 0 unspecified atom stereocenters. The fourth-order valence-corrected chi connectivity index (χ4v) is 3.37. The summed E-state index contributed by atoms with van der Waals surface area (Å²) in [6.45, 7) is 3.38. The van der Waals surface area contributed by atoms with Crippen LogP contribution in [-0.4, -0.2) is 44.4 Å². The quantitative estimate of drug-likeness (QED) is 0.737. The number of piperidine rings is 1. The van der Waals surface area contributed by atoms with Gasteiger partial charge in [0.2, 0.25) is 0 Å². The Balaban J connectivity index is 1.43. The summed E-state index contributed by atoms with van der Waals surface area (Å²) in [7, 11) is 0. The van der Waals surface area contributed by atoms with Crippen molar-refractivity contribution in [1.29, 1.82) is 0 Å². The Hall–Kier alpha value is -3.16. The number of aryl methyl sites for hydroxylation is 1. The number of urea groups is 1. The van der Waals surface area contributed by atoms with Crippen LogP contribution in [0.2, 0.25) is 0 Å². The zero-order valence-corrected chi connectivity index (χ0v) is 15.2. The number of carbonyl (C=O) groups excluding carboxylic acids is 1. The van der Waals surface area contributed by atoms with Gasteiger partial charge < -0.3 is 14.7 Å². The summed E-state index contributed by atoms with van der Waals surface area (Å²) in [6.07, 6.45) is 4.30. The molecule has 3 aromatic rings. The third-order valence-corrected chi connectivity index (χ3v) is 4.93. The van der Waals surface area contributed by atoms with Crippen LogP contribution < -0.4 is 5.32 Å². The average molecular weight is 366 g/mol. The SMILES string of the molecule is CCc1noc(-c2ccccc2NC(=O)N2CCC(c3ccn[nH]3)CC2)n1. The lowest BCUT2D eigenvalue weighted by Crippen LogP contribution is -2.40. The molecule has 2 N–H and O–H groups in total. The molecule has 27 heavy (non-hydrogen) atoms. The third-order valence-electron chi connectivity index (χ3n) is 4.93. The van der Waals surface area contributed by atoms with Crippen molar-refractivity contribution < 1.29 is 9.32 Å². The molecule has 0 atom stereocenters. The minimum absolute atomic E-state index is 0.110. The highest BCUT2D eigenvalue weighted by Gasteiger charge is 2.25. The molecule has 8 heteroatoms. The van der Waals surface area contributed by atoms with Gasteiger partial charge >= 0.3 is 6.03 Å². The van der Waals surface area contributed by atoms with Crippen LogP contribution in [0.3, 0.4) is 0 Å². The minimum Gasteiger partial charge on any atom is -0.334 e. The van der Waals surface area contributed by atoms with E-state index in [1.54, 1.807) is 6.20 Å². The summed E-state index contributed by atoms with van der Waals surface area (Å²) in [5.74, 6) is 1.49. The first-order valence-corrected chi connectivity index (χ1v) is 9.21. The molecule has 1 aromatic carbocycles. The summed E-state index contributed by atoms with van der Waals surface area (Å²) in [5, 5.41) is 14.0. The number of nitrogens with zero attached hydrogens (tertiary/aromatic N) is 4. The van der Waals surface area contributed by atoms with Gasteiger partial charge in [0.05, 0.1) is 11.3 Å². The van der Waals surface area contributed by atoms with Gasteiger partial charge in [-0.05, 0) is 31.0 Å². The van der Waals surface area contributed by atoms with Gasteiger partial charge in [0.25, 0.3) is 5.89 Å². The lowest BCUT2D eigenvalue weighted by molar-refractivity contribution is 0.194. The number of carbonyl (C=O) groups is 1. The van der Waals surface area contributed by atoms with Crippen LogP contribution in [0.1, 0.15) is 37.2 Å². The summed E-state index contributed by atoms with van der Waals surface area (Å²) >= 11 is 0. The standard InChI is InChI=1S/C19H22N6O2/c1-2-17-22-18(27-24-17)14-5-3-4-6-16(14)21-19(26)25-11-8-13(9-12-25)15-7-10-20-23-15/h3-7,10,13H,2,8-9,11-12H2,1H3,(H,20,23)(H,21,26). The van der Waals surface area contributed by atoms with Gasteiger partial charge in [0.15, 0.2) is 5.82 Å². The van der Waals surface area contributed by atoms with E-state index in [0.717, 1.165) is 24.1 Å². The summed E-state index contributed by atoms with van der Waals surface area (Å²) in [6, 6.07) is 9.37. The first-order chi connectivity index (χ1) is 13.2. The molecule has 8 nitrogen and oxygen atoms in total. The van der Waals surface area contributed by atoms with Crippen LogP contribution in [0.4, 0.5) is 10.5 Å². The second-order valence-corrected chi connectivity index (χ2v) is 6.62. The number of H-pyrrole nitrogens is 1. The van der Waals surface area contributed by atoms with Gasteiger partial charge in [0.1, 0.15) is 0 Å². The molecule has 140 valence electrons. The van der Waals surface area contributed by atoms with E-state index in [0.29, 0.717) is 42.8 Å². The first-order valence-electron chi connectivity index (χ1n) is 9.21. The molecule has 2 amide bonds. The van der Waals surface area contributed by atoms with Gasteiger partial charge in [0, 0.05) is 37.3 Å². The summed E-state index contributed by atoms with van der Waals surface area (Å²) < 4.78 is 5.33. The molecule has 1 aliphatic heterocycles. The summed E-state index contributed by atoms with van der Waals surface area (Å²) in [5.41, 5.74) is 2.54. The van der Waals surface area contributed by atoms with Crippen molar-refractivity contribution in [3.63, 3.8) is 0 Å². The Bertz CT molecular complexity index is 897. The fourth-order valence-electron chi connectivity index (χ4n) is 3.37. The van der Waals surface area contributed by atoms with Crippen LogP contribution in [0, 0.1) is 0 Å². The number of likely N-dealkylation sites (tertiary alicyclic amines) is 1. The molecule has 3 heterocycles. The Morgan fingerprint density at radius 2 is 2.11 bits per heavy atom. The largest absolute Gasteiger partial charge is 0.334 e. The molecule has 1 aliphatic rings. The van der Waals surface area contributed by atoms with E-state index < -0.39 is 0 Å². The number of benzene rings is 1. The van der Waals surface area contributed by atoms with E-state index in [-0.39, 0.29) is 6.03 Å². The van der Waals surface area contributed by atoms with Crippen LogP contribution in [0.15, 0.2) is 41.1 Å². The number of anilines is 1. The molecule has 2 aromatic heterocycles. The van der Waals surface area contributed by atoms with Gasteiger partial charge in [-0.15, -0.1) is 0 Å². The molecule has 4 rings (SSSR count). The predicted octanol–water partition coefficient (Wildman–Crippen LogP) is 3.43. The molecule has 0 saturated carbocycles. The Morgan fingerprint density at radius 1 is 1.30 bits per heavy atom. The molecule has 0 bridgehead atoms. The Kier molecular flexibility index (Phi) is 4.86. The van der Waals surface area contributed by atoms with Crippen molar-refractivity contribution in [3.8, 4) is 11.5 Å². The number of hydrogen-bond donors (Lipinski definition) is 2. The van der Waals surface area contributed by atoms with Crippen LogP contribution in [0.5, 0.6) is 0 Å².